The highest BCUT2D eigenvalue weighted by Gasteiger charge is 2.33. The fourth-order valence-electron chi connectivity index (χ4n) is 3.33. The maximum absolute atomic E-state index is 13.1. The van der Waals surface area contributed by atoms with E-state index in [-0.39, 0.29) is 17.8 Å². The Balaban J connectivity index is 1.96. The molecule has 11 heteroatoms. The third kappa shape index (κ3) is 4.88. The number of nitro benzene ring substituents is 1. The van der Waals surface area contributed by atoms with E-state index < -0.39 is 26.9 Å². The van der Waals surface area contributed by atoms with Gasteiger partial charge in [-0.15, -0.1) is 0 Å². The number of carbonyl (C=O) groups is 1. The molecule has 0 saturated carbocycles. The smallest absolute Gasteiger partial charge is 0.271 e. The van der Waals surface area contributed by atoms with E-state index in [1.165, 1.54) is 12.1 Å². The molecule has 2 aromatic carbocycles. The van der Waals surface area contributed by atoms with Crippen molar-refractivity contribution in [2.75, 3.05) is 29.1 Å². The molecule has 31 heavy (non-hydrogen) atoms. The first-order valence-corrected chi connectivity index (χ1v) is 11.4. The summed E-state index contributed by atoms with van der Waals surface area (Å²) in [6.45, 7) is 4.11. The SMILES string of the molecule is CCC(C(=O)Nc1ccc2c(c1)OCCO2)N(c1cc([N+](=O)[O-])ccc1C)S(C)(=O)=O. The third-order valence-electron chi connectivity index (χ3n) is 4.78. The summed E-state index contributed by atoms with van der Waals surface area (Å²) in [5.41, 5.74) is 0.718. The fraction of sp³-hybridized carbons (Fsp3) is 0.350. The van der Waals surface area contributed by atoms with E-state index in [0.29, 0.717) is 36.0 Å². The van der Waals surface area contributed by atoms with E-state index in [4.69, 9.17) is 9.47 Å². The number of hydrogen-bond donors (Lipinski definition) is 1. The summed E-state index contributed by atoms with van der Waals surface area (Å²) in [5, 5.41) is 13.9. The normalized spacial score (nSPS) is 13.9. The zero-order valence-electron chi connectivity index (χ0n) is 17.3. The molecule has 0 bridgehead atoms. The van der Waals surface area contributed by atoms with Gasteiger partial charge in [-0.1, -0.05) is 13.0 Å². The number of non-ortho nitro benzene ring substituents is 1. The Morgan fingerprint density at radius 1 is 1.19 bits per heavy atom. The molecule has 10 nitrogen and oxygen atoms in total. The molecule has 0 aromatic heterocycles. The number of sulfonamides is 1. The third-order valence-corrected chi connectivity index (χ3v) is 5.95. The van der Waals surface area contributed by atoms with Crippen LogP contribution in [0, 0.1) is 17.0 Å². The molecule has 0 saturated heterocycles. The van der Waals surface area contributed by atoms with Gasteiger partial charge in [0.1, 0.15) is 19.3 Å². The molecule has 1 aliphatic heterocycles. The second kappa shape index (κ2) is 8.80. The number of nitrogens with zero attached hydrogens (tertiary/aromatic N) is 2. The first-order chi connectivity index (χ1) is 14.6. The lowest BCUT2D eigenvalue weighted by atomic mass is 10.1. The average Bonchev–Trinajstić information content (AvgIpc) is 2.71. The Morgan fingerprint density at radius 2 is 1.87 bits per heavy atom. The number of nitro groups is 1. The minimum atomic E-state index is -3.94. The lowest BCUT2D eigenvalue weighted by molar-refractivity contribution is -0.384. The Hall–Kier alpha value is -3.34. The van der Waals surface area contributed by atoms with Gasteiger partial charge in [-0.05, 0) is 31.0 Å². The van der Waals surface area contributed by atoms with Crippen LogP contribution < -0.4 is 19.1 Å². The number of rotatable bonds is 7. The maximum atomic E-state index is 13.1. The predicted octanol–water partition coefficient (Wildman–Crippen LogP) is 2.86. The molecule has 1 amide bonds. The minimum Gasteiger partial charge on any atom is -0.486 e. The van der Waals surface area contributed by atoms with Crippen molar-refractivity contribution in [2.24, 2.45) is 0 Å². The van der Waals surface area contributed by atoms with Crippen LogP contribution in [0.15, 0.2) is 36.4 Å². The Bertz CT molecular complexity index is 1120. The second-order valence-electron chi connectivity index (χ2n) is 7.06. The van der Waals surface area contributed by atoms with Crippen molar-refractivity contribution in [3.05, 3.63) is 52.1 Å². The lowest BCUT2D eigenvalue weighted by Gasteiger charge is -2.31. The summed E-state index contributed by atoms with van der Waals surface area (Å²) < 4.78 is 37.2. The highest BCUT2D eigenvalue weighted by atomic mass is 32.2. The van der Waals surface area contributed by atoms with Crippen molar-refractivity contribution in [2.45, 2.75) is 26.3 Å². The van der Waals surface area contributed by atoms with Crippen LogP contribution in [-0.2, 0) is 14.8 Å². The zero-order valence-corrected chi connectivity index (χ0v) is 18.1. The van der Waals surface area contributed by atoms with Gasteiger partial charge in [0.2, 0.25) is 15.9 Å². The van der Waals surface area contributed by atoms with Gasteiger partial charge in [0, 0.05) is 23.9 Å². The highest BCUT2D eigenvalue weighted by Crippen LogP contribution is 2.34. The number of amides is 1. The number of benzene rings is 2. The van der Waals surface area contributed by atoms with Crippen molar-refractivity contribution in [1.29, 1.82) is 0 Å². The molecular formula is C20H23N3O7S. The maximum Gasteiger partial charge on any atom is 0.271 e. The summed E-state index contributed by atoms with van der Waals surface area (Å²) in [6.07, 6.45) is 1.11. The molecule has 1 atom stereocenters. The van der Waals surface area contributed by atoms with Gasteiger partial charge in [-0.25, -0.2) is 8.42 Å². The van der Waals surface area contributed by atoms with Crippen molar-refractivity contribution in [1.82, 2.24) is 0 Å². The summed E-state index contributed by atoms with van der Waals surface area (Å²) in [5.74, 6) is 0.461. The molecule has 0 aliphatic carbocycles. The number of aryl methyl sites for hydroxylation is 1. The molecule has 1 unspecified atom stereocenters. The van der Waals surface area contributed by atoms with Crippen LogP contribution in [-0.4, -0.2) is 44.8 Å². The van der Waals surface area contributed by atoms with Crippen LogP contribution in [0.4, 0.5) is 17.1 Å². The summed E-state index contributed by atoms with van der Waals surface area (Å²) in [6, 6.07) is 7.67. The molecule has 3 rings (SSSR count). The van der Waals surface area contributed by atoms with Gasteiger partial charge in [0.15, 0.2) is 11.5 Å². The number of nitrogens with one attached hydrogen (secondary N) is 1. The van der Waals surface area contributed by atoms with Gasteiger partial charge in [-0.3, -0.25) is 19.2 Å². The predicted molar refractivity (Wildman–Crippen MR) is 115 cm³/mol. The molecule has 1 N–H and O–H groups in total. The first kappa shape index (κ1) is 22.3. The number of fused-ring (bicyclic) bond motifs is 1. The van der Waals surface area contributed by atoms with Crippen LogP contribution in [0.1, 0.15) is 18.9 Å². The molecule has 166 valence electrons. The van der Waals surface area contributed by atoms with Gasteiger partial charge in [0.25, 0.3) is 5.69 Å². The van der Waals surface area contributed by atoms with E-state index in [1.807, 2.05) is 0 Å². The van der Waals surface area contributed by atoms with E-state index in [0.717, 1.165) is 16.6 Å². The van der Waals surface area contributed by atoms with Crippen LogP contribution in [0.25, 0.3) is 0 Å². The van der Waals surface area contributed by atoms with Gasteiger partial charge in [-0.2, -0.15) is 0 Å². The standard InChI is InChI=1S/C20H23N3O7S/c1-4-16(20(24)21-14-6-8-18-19(11-14)30-10-9-29-18)22(31(3,27)28)17-12-15(23(25)26)7-5-13(17)2/h5-8,11-12,16H,4,9-10H2,1-3H3,(H,21,24). The topological polar surface area (TPSA) is 128 Å². The Kier molecular flexibility index (Phi) is 6.34. The summed E-state index contributed by atoms with van der Waals surface area (Å²) >= 11 is 0. The van der Waals surface area contributed by atoms with Gasteiger partial charge < -0.3 is 14.8 Å². The van der Waals surface area contributed by atoms with E-state index in [2.05, 4.69) is 5.32 Å². The Morgan fingerprint density at radius 3 is 2.48 bits per heavy atom. The van der Waals surface area contributed by atoms with Crippen LogP contribution in [0.3, 0.4) is 0 Å². The quantitative estimate of drug-likeness (QED) is 0.508. The fourth-order valence-corrected chi connectivity index (χ4v) is 4.59. The number of ether oxygens (including phenoxy) is 2. The number of carbonyl (C=O) groups excluding carboxylic acids is 1. The number of anilines is 2. The minimum absolute atomic E-state index is 0.0841. The number of hydrogen-bond acceptors (Lipinski definition) is 7. The zero-order chi connectivity index (χ0) is 22.8. The van der Waals surface area contributed by atoms with E-state index >= 15 is 0 Å². The van der Waals surface area contributed by atoms with Gasteiger partial charge >= 0.3 is 0 Å². The van der Waals surface area contributed by atoms with Crippen molar-refractivity contribution in [3.63, 3.8) is 0 Å². The van der Waals surface area contributed by atoms with Crippen molar-refractivity contribution < 1.29 is 27.6 Å². The largest absolute Gasteiger partial charge is 0.486 e. The van der Waals surface area contributed by atoms with Crippen molar-refractivity contribution in [3.8, 4) is 11.5 Å². The molecule has 1 aliphatic rings. The highest BCUT2D eigenvalue weighted by molar-refractivity contribution is 7.92. The van der Waals surface area contributed by atoms with Crippen LogP contribution in [0.5, 0.6) is 11.5 Å². The molecule has 1 heterocycles. The second-order valence-corrected chi connectivity index (χ2v) is 8.92. The summed E-state index contributed by atoms with van der Waals surface area (Å²) in [4.78, 5) is 23.7. The van der Waals surface area contributed by atoms with E-state index in [1.54, 1.807) is 32.0 Å². The molecule has 0 fully saturated rings. The van der Waals surface area contributed by atoms with Crippen LogP contribution >= 0.6 is 0 Å². The molecular weight excluding hydrogens is 426 g/mol. The van der Waals surface area contributed by atoms with Gasteiger partial charge in [0.05, 0.1) is 16.9 Å². The molecule has 2 aromatic rings. The lowest BCUT2D eigenvalue weighted by Crippen LogP contribution is -2.47. The molecule has 0 spiro atoms. The molecule has 0 radical (unpaired) electrons. The first-order valence-electron chi connectivity index (χ1n) is 9.56. The van der Waals surface area contributed by atoms with Crippen molar-refractivity contribution >= 4 is 33.0 Å². The van der Waals surface area contributed by atoms with E-state index in [9.17, 15) is 23.3 Å². The average molecular weight is 449 g/mol. The monoisotopic (exact) mass is 449 g/mol. The summed E-state index contributed by atoms with van der Waals surface area (Å²) in [7, 11) is -3.94. The Labute approximate surface area is 180 Å². The van der Waals surface area contributed by atoms with Crippen LogP contribution in [0.2, 0.25) is 0 Å².